The molecule has 6 heteroatoms. The van der Waals surface area contributed by atoms with Crippen molar-refractivity contribution >= 4 is 0 Å². The highest BCUT2D eigenvalue weighted by molar-refractivity contribution is 5.34. The second-order valence-corrected chi connectivity index (χ2v) is 6.14. The van der Waals surface area contributed by atoms with Gasteiger partial charge < -0.3 is 4.74 Å². The molecule has 0 aliphatic carbocycles. The molecular weight excluding hydrogens is 302 g/mol. The van der Waals surface area contributed by atoms with E-state index in [0.717, 1.165) is 31.8 Å². The molecule has 1 aromatic carbocycles. The molecule has 0 bridgehead atoms. The van der Waals surface area contributed by atoms with Crippen molar-refractivity contribution in [3.8, 4) is 11.8 Å². The van der Waals surface area contributed by atoms with Crippen molar-refractivity contribution in [3.63, 3.8) is 0 Å². The SMILES string of the molecule is N#Cc1ccc(OCCCN2CCCC[C@@H]2Cn2cncn2)cc1. The van der Waals surface area contributed by atoms with Gasteiger partial charge in [0.2, 0.25) is 0 Å². The third kappa shape index (κ3) is 4.56. The van der Waals surface area contributed by atoms with Gasteiger partial charge >= 0.3 is 0 Å². The molecule has 1 saturated heterocycles. The first kappa shape index (κ1) is 16.5. The monoisotopic (exact) mass is 325 g/mol. The molecule has 1 fully saturated rings. The van der Waals surface area contributed by atoms with Gasteiger partial charge in [-0.2, -0.15) is 10.4 Å². The Bertz CT molecular complexity index is 647. The van der Waals surface area contributed by atoms with Gasteiger partial charge in [0.05, 0.1) is 24.8 Å². The highest BCUT2D eigenvalue weighted by Crippen LogP contribution is 2.19. The Morgan fingerprint density at radius 2 is 2.12 bits per heavy atom. The van der Waals surface area contributed by atoms with Crippen molar-refractivity contribution in [3.05, 3.63) is 42.5 Å². The van der Waals surface area contributed by atoms with Crippen LogP contribution >= 0.6 is 0 Å². The number of hydrogen-bond donors (Lipinski definition) is 0. The zero-order valence-corrected chi connectivity index (χ0v) is 13.8. The van der Waals surface area contributed by atoms with Crippen LogP contribution in [0.3, 0.4) is 0 Å². The van der Waals surface area contributed by atoms with Gasteiger partial charge in [0.15, 0.2) is 0 Å². The summed E-state index contributed by atoms with van der Waals surface area (Å²) in [6, 6.07) is 9.93. The summed E-state index contributed by atoms with van der Waals surface area (Å²) in [6.07, 6.45) is 8.16. The zero-order chi connectivity index (χ0) is 16.6. The minimum Gasteiger partial charge on any atom is -0.494 e. The van der Waals surface area contributed by atoms with Crippen molar-refractivity contribution in [1.82, 2.24) is 19.7 Å². The molecular formula is C18H23N5O. The fourth-order valence-corrected chi connectivity index (χ4v) is 3.19. The fraction of sp³-hybridized carbons (Fsp3) is 0.500. The van der Waals surface area contributed by atoms with E-state index in [-0.39, 0.29) is 0 Å². The summed E-state index contributed by atoms with van der Waals surface area (Å²) in [5.41, 5.74) is 0.659. The molecule has 0 spiro atoms. The van der Waals surface area contributed by atoms with E-state index in [1.807, 2.05) is 16.8 Å². The number of piperidine rings is 1. The molecule has 0 radical (unpaired) electrons. The predicted molar refractivity (Wildman–Crippen MR) is 90.5 cm³/mol. The molecule has 0 amide bonds. The van der Waals surface area contributed by atoms with Gasteiger partial charge in [-0.15, -0.1) is 0 Å². The molecule has 2 aromatic rings. The molecule has 0 unspecified atom stereocenters. The number of aromatic nitrogens is 3. The Kier molecular flexibility index (Phi) is 5.80. The summed E-state index contributed by atoms with van der Waals surface area (Å²) in [7, 11) is 0. The van der Waals surface area contributed by atoms with Gasteiger partial charge in [0.25, 0.3) is 0 Å². The number of rotatable bonds is 7. The van der Waals surface area contributed by atoms with E-state index in [9.17, 15) is 0 Å². The van der Waals surface area contributed by atoms with E-state index in [4.69, 9.17) is 10.00 Å². The molecule has 126 valence electrons. The second-order valence-electron chi connectivity index (χ2n) is 6.14. The van der Waals surface area contributed by atoms with Crippen molar-refractivity contribution in [2.75, 3.05) is 19.7 Å². The van der Waals surface area contributed by atoms with E-state index in [1.165, 1.54) is 19.3 Å². The number of nitriles is 1. The maximum absolute atomic E-state index is 8.80. The summed E-state index contributed by atoms with van der Waals surface area (Å²) in [5.74, 6) is 0.826. The summed E-state index contributed by atoms with van der Waals surface area (Å²) in [5, 5.41) is 13.0. The first-order valence-corrected chi connectivity index (χ1v) is 8.54. The molecule has 6 nitrogen and oxygen atoms in total. The predicted octanol–water partition coefficient (Wildman–Crippen LogP) is 2.47. The smallest absolute Gasteiger partial charge is 0.137 e. The normalized spacial score (nSPS) is 18.2. The van der Waals surface area contributed by atoms with Crippen molar-refractivity contribution < 1.29 is 4.74 Å². The van der Waals surface area contributed by atoms with Crippen LogP contribution in [0.5, 0.6) is 5.75 Å². The summed E-state index contributed by atoms with van der Waals surface area (Å²) < 4.78 is 7.70. The summed E-state index contributed by atoms with van der Waals surface area (Å²) in [6.45, 7) is 3.79. The standard InChI is InChI=1S/C18H23N5O/c19-12-16-5-7-18(8-6-16)24-11-3-10-22-9-2-1-4-17(22)13-23-15-20-14-21-23/h5-8,14-15,17H,1-4,9-11,13H2/t17-/m1/s1. The summed E-state index contributed by atoms with van der Waals surface area (Å²) >= 11 is 0. The minimum atomic E-state index is 0.537. The van der Waals surface area contributed by atoms with E-state index >= 15 is 0 Å². The molecule has 1 aliphatic heterocycles. The first-order chi connectivity index (χ1) is 11.8. The quantitative estimate of drug-likeness (QED) is 0.732. The molecule has 0 N–H and O–H groups in total. The largest absolute Gasteiger partial charge is 0.494 e. The number of benzene rings is 1. The van der Waals surface area contributed by atoms with Crippen molar-refractivity contribution in [2.24, 2.45) is 0 Å². The van der Waals surface area contributed by atoms with Gasteiger partial charge in [-0.25, -0.2) is 4.98 Å². The van der Waals surface area contributed by atoms with Crippen molar-refractivity contribution in [2.45, 2.75) is 38.3 Å². The van der Waals surface area contributed by atoms with Crippen LogP contribution in [0.25, 0.3) is 0 Å². The van der Waals surface area contributed by atoms with Crippen LogP contribution in [0.15, 0.2) is 36.9 Å². The van der Waals surface area contributed by atoms with Gasteiger partial charge in [0.1, 0.15) is 18.4 Å². The molecule has 1 aromatic heterocycles. The molecule has 1 aliphatic rings. The molecule has 0 saturated carbocycles. The highest BCUT2D eigenvalue weighted by Gasteiger charge is 2.22. The maximum atomic E-state index is 8.80. The Morgan fingerprint density at radius 3 is 2.88 bits per heavy atom. The number of hydrogen-bond acceptors (Lipinski definition) is 5. The van der Waals surface area contributed by atoms with E-state index in [2.05, 4.69) is 21.1 Å². The fourth-order valence-electron chi connectivity index (χ4n) is 3.19. The van der Waals surface area contributed by atoms with E-state index < -0.39 is 0 Å². The van der Waals surface area contributed by atoms with Crippen LogP contribution in [0, 0.1) is 11.3 Å². The maximum Gasteiger partial charge on any atom is 0.137 e. The van der Waals surface area contributed by atoms with Crippen LogP contribution in [-0.4, -0.2) is 45.4 Å². The lowest BCUT2D eigenvalue weighted by Crippen LogP contribution is -2.43. The topological polar surface area (TPSA) is 67.0 Å². The Balaban J connectivity index is 1.43. The van der Waals surface area contributed by atoms with Crippen LogP contribution in [-0.2, 0) is 6.54 Å². The van der Waals surface area contributed by atoms with Gasteiger partial charge in [0, 0.05) is 12.6 Å². The van der Waals surface area contributed by atoms with E-state index in [1.54, 1.807) is 24.8 Å². The lowest BCUT2D eigenvalue weighted by atomic mass is 10.0. The lowest BCUT2D eigenvalue weighted by molar-refractivity contribution is 0.121. The summed E-state index contributed by atoms with van der Waals surface area (Å²) in [4.78, 5) is 6.58. The first-order valence-electron chi connectivity index (χ1n) is 8.54. The lowest BCUT2D eigenvalue weighted by Gasteiger charge is -2.35. The number of nitrogens with zero attached hydrogens (tertiary/aromatic N) is 5. The number of ether oxygens (including phenoxy) is 1. The van der Waals surface area contributed by atoms with Gasteiger partial charge in [-0.3, -0.25) is 9.58 Å². The third-order valence-corrected chi connectivity index (χ3v) is 4.46. The highest BCUT2D eigenvalue weighted by atomic mass is 16.5. The zero-order valence-electron chi connectivity index (χ0n) is 13.8. The number of likely N-dealkylation sites (tertiary alicyclic amines) is 1. The average Bonchev–Trinajstić information content (AvgIpc) is 3.13. The minimum absolute atomic E-state index is 0.537. The molecule has 24 heavy (non-hydrogen) atoms. The van der Waals surface area contributed by atoms with Gasteiger partial charge in [-0.1, -0.05) is 6.42 Å². The van der Waals surface area contributed by atoms with Gasteiger partial charge in [-0.05, 0) is 50.1 Å². The van der Waals surface area contributed by atoms with Crippen molar-refractivity contribution in [1.29, 1.82) is 5.26 Å². The molecule has 3 rings (SSSR count). The Hall–Kier alpha value is -2.39. The Morgan fingerprint density at radius 1 is 1.25 bits per heavy atom. The molecule has 1 atom stereocenters. The average molecular weight is 325 g/mol. The van der Waals surface area contributed by atoms with Crippen LogP contribution in [0.4, 0.5) is 0 Å². The molecule has 2 heterocycles. The van der Waals surface area contributed by atoms with E-state index in [0.29, 0.717) is 18.2 Å². The van der Waals surface area contributed by atoms with Crippen LogP contribution < -0.4 is 4.74 Å². The third-order valence-electron chi connectivity index (χ3n) is 4.46. The van der Waals surface area contributed by atoms with Crippen LogP contribution in [0.2, 0.25) is 0 Å². The van der Waals surface area contributed by atoms with Crippen LogP contribution in [0.1, 0.15) is 31.2 Å². The second kappa shape index (κ2) is 8.46. The Labute approximate surface area is 142 Å².